The molecular formula is C12H22N4OS. The van der Waals surface area contributed by atoms with Crippen LogP contribution in [0.15, 0.2) is 0 Å². The summed E-state index contributed by atoms with van der Waals surface area (Å²) in [6, 6.07) is 0.174. The van der Waals surface area contributed by atoms with E-state index in [1.165, 1.54) is 0 Å². The highest BCUT2D eigenvalue weighted by atomic mass is 32.2. The van der Waals surface area contributed by atoms with Crippen LogP contribution in [0, 0.1) is 6.92 Å². The molecule has 0 spiro atoms. The number of nitrogens with zero attached hydrogens (tertiary/aromatic N) is 2. The lowest BCUT2D eigenvalue weighted by Gasteiger charge is -2.16. The minimum Gasteiger partial charge on any atom is -0.395 e. The molecule has 0 aromatic carbocycles. The smallest absolute Gasteiger partial charge is 0.271 e. The maximum absolute atomic E-state index is 12.2. The number of aryl methyl sites for hydroxylation is 2. The molecule has 18 heavy (non-hydrogen) atoms. The Hall–Kier alpha value is -1.17. The molecule has 1 aromatic rings. The number of hydrogen-bond donors (Lipinski definition) is 2. The first-order valence-electron chi connectivity index (χ1n) is 6.17. The molecular weight excluding hydrogens is 248 g/mol. The fourth-order valence-electron chi connectivity index (χ4n) is 1.78. The molecule has 1 aromatic heterocycles. The van der Waals surface area contributed by atoms with E-state index in [1.807, 2.05) is 20.1 Å². The van der Waals surface area contributed by atoms with Crippen LogP contribution in [-0.4, -0.2) is 33.7 Å². The first-order chi connectivity index (χ1) is 8.54. The average Bonchev–Trinajstić information content (AvgIpc) is 2.64. The lowest BCUT2D eigenvalue weighted by atomic mass is 10.2. The van der Waals surface area contributed by atoms with Gasteiger partial charge in [-0.05, 0) is 26.5 Å². The molecule has 1 unspecified atom stereocenters. The van der Waals surface area contributed by atoms with E-state index < -0.39 is 0 Å². The monoisotopic (exact) mass is 270 g/mol. The largest absolute Gasteiger partial charge is 0.395 e. The molecule has 1 atom stereocenters. The van der Waals surface area contributed by atoms with Crippen LogP contribution in [0.2, 0.25) is 0 Å². The summed E-state index contributed by atoms with van der Waals surface area (Å²) in [7, 11) is 0. The minimum absolute atomic E-state index is 0.129. The highest BCUT2D eigenvalue weighted by molar-refractivity contribution is 7.98. The Kier molecular flexibility index (Phi) is 5.53. The van der Waals surface area contributed by atoms with Gasteiger partial charge in [-0.1, -0.05) is 6.92 Å². The summed E-state index contributed by atoms with van der Waals surface area (Å²) in [5.41, 5.74) is 7.59. The first kappa shape index (κ1) is 14.9. The van der Waals surface area contributed by atoms with E-state index in [2.05, 4.69) is 17.3 Å². The van der Waals surface area contributed by atoms with E-state index in [9.17, 15) is 4.79 Å². The molecule has 102 valence electrons. The number of nitrogens with one attached hydrogen (secondary N) is 1. The van der Waals surface area contributed by atoms with E-state index >= 15 is 0 Å². The predicted molar refractivity (Wildman–Crippen MR) is 77.0 cm³/mol. The third kappa shape index (κ3) is 3.19. The van der Waals surface area contributed by atoms with E-state index in [0.29, 0.717) is 23.6 Å². The molecule has 0 fully saturated rings. The molecule has 0 radical (unpaired) electrons. The summed E-state index contributed by atoms with van der Waals surface area (Å²) in [4.78, 5) is 12.2. The van der Waals surface area contributed by atoms with E-state index in [1.54, 1.807) is 16.4 Å². The molecule has 0 saturated carbocycles. The summed E-state index contributed by atoms with van der Waals surface area (Å²) in [6.07, 6.45) is 2.94. The molecule has 0 saturated heterocycles. The van der Waals surface area contributed by atoms with E-state index in [-0.39, 0.29) is 11.9 Å². The van der Waals surface area contributed by atoms with Crippen LogP contribution in [-0.2, 0) is 6.54 Å². The number of thioether (sulfide) groups is 1. The van der Waals surface area contributed by atoms with E-state index in [4.69, 9.17) is 5.73 Å². The van der Waals surface area contributed by atoms with Gasteiger partial charge in [0.15, 0.2) is 0 Å². The molecule has 1 rings (SSSR count). The zero-order chi connectivity index (χ0) is 13.7. The van der Waals surface area contributed by atoms with Gasteiger partial charge in [-0.15, -0.1) is 0 Å². The zero-order valence-electron chi connectivity index (χ0n) is 11.5. The van der Waals surface area contributed by atoms with Crippen molar-refractivity contribution < 1.29 is 4.79 Å². The number of nitrogens with two attached hydrogens (primary N) is 1. The van der Waals surface area contributed by atoms with Crippen LogP contribution in [0.25, 0.3) is 0 Å². The van der Waals surface area contributed by atoms with Crippen LogP contribution in [0.5, 0.6) is 0 Å². The highest BCUT2D eigenvalue weighted by Gasteiger charge is 2.20. The summed E-state index contributed by atoms with van der Waals surface area (Å²) in [6.45, 7) is 6.46. The molecule has 0 aliphatic heterocycles. The van der Waals surface area contributed by atoms with Gasteiger partial charge in [0, 0.05) is 18.3 Å². The Labute approximate surface area is 112 Å². The number of amides is 1. The topological polar surface area (TPSA) is 72.9 Å². The molecule has 1 heterocycles. The standard InChI is InChI=1S/C12H22N4OS/c1-5-9(7-18-4)14-12(17)11-10(13)8(3)15-16(11)6-2/h9H,5-7,13H2,1-4H3,(H,14,17). The molecule has 0 aliphatic rings. The number of anilines is 1. The van der Waals surface area contributed by atoms with Crippen molar-refractivity contribution in [1.29, 1.82) is 0 Å². The van der Waals surface area contributed by atoms with Gasteiger partial charge >= 0.3 is 0 Å². The van der Waals surface area contributed by atoms with Crippen LogP contribution < -0.4 is 11.1 Å². The highest BCUT2D eigenvalue weighted by Crippen LogP contribution is 2.16. The van der Waals surface area contributed by atoms with Crippen molar-refractivity contribution in [2.45, 2.75) is 39.8 Å². The lowest BCUT2D eigenvalue weighted by Crippen LogP contribution is -2.37. The van der Waals surface area contributed by atoms with Gasteiger partial charge in [-0.2, -0.15) is 16.9 Å². The number of rotatable bonds is 6. The number of nitrogen functional groups attached to an aromatic ring is 1. The van der Waals surface area contributed by atoms with Crippen molar-refractivity contribution in [2.75, 3.05) is 17.7 Å². The van der Waals surface area contributed by atoms with Gasteiger partial charge in [-0.25, -0.2) is 0 Å². The maximum atomic E-state index is 12.2. The Morgan fingerprint density at radius 3 is 2.72 bits per heavy atom. The van der Waals surface area contributed by atoms with Gasteiger partial charge in [0.2, 0.25) is 0 Å². The number of carbonyl (C=O) groups is 1. The quantitative estimate of drug-likeness (QED) is 0.824. The third-order valence-corrected chi connectivity index (χ3v) is 3.62. The summed E-state index contributed by atoms with van der Waals surface area (Å²) >= 11 is 1.72. The number of hydrogen-bond acceptors (Lipinski definition) is 4. The Morgan fingerprint density at radius 1 is 1.56 bits per heavy atom. The van der Waals surface area contributed by atoms with Crippen molar-refractivity contribution in [1.82, 2.24) is 15.1 Å². The second-order valence-electron chi connectivity index (χ2n) is 4.20. The summed E-state index contributed by atoms with van der Waals surface area (Å²) < 4.78 is 1.66. The number of aromatic nitrogens is 2. The van der Waals surface area contributed by atoms with Crippen LogP contribution in [0.3, 0.4) is 0 Å². The van der Waals surface area contributed by atoms with Gasteiger partial charge in [0.05, 0.1) is 11.4 Å². The minimum atomic E-state index is -0.129. The van der Waals surface area contributed by atoms with Gasteiger partial charge in [-0.3, -0.25) is 9.48 Å². The first-order valence-corrected chi connectivity index (χ1v) is 7.57. The van der Waals surface area contributed by atoms with Crippen molar-refractivity contribution in [3.8, 4) is 0 Å². The third-order valence-electron chi connectivity index (χ3n) is 2.88. The predicted octanol–water partition coefficient (Wildman–Crippen LogP) is 1.67. The molecule has 5 nitrogen and oxygen atoms in total. The van der Waals surface area contributed by atoms with Gasteiger partial charge < -0.3 is 11.1 Å². The summed E-state index contributed by atoms with van der Waals surface area (Å²) in [5.74, 6) is 0.775. The molecule has 1 amide bonds. The fourth-order valence-corrected chi connectivity index (χ4v) is 2.50. The maximum Gasteiger partial charge on any atom is 0.271 e. The summed E-state index contributed by atoms with van der Waals surface area (Å²) in [5, 5.41) is 7.27. The molecule has 0 bridgehead atoms. The zero-order valence-corrected chi connectivity index (χ0v) is 12.3. The van der Waals surface area contributed by atoms with Crippen molar-refractivity contribution in [3.63, 3.8) is 0 Å². The SMILES string of the molecule is CCC(CSC)NC(=O)c1c(N)c(C)nn1CC. The Balaban J connectivity index is 2.89. The van der Waals surface area contributed by atoms with E-state index in [0.717, 1.165) is 12.2 Å². The van der Waals surface area contributed by atoms with Gasteiger partial charge in [0.1, 0.15) is 5.69 Å². The second kappa shape index (κ2) is 6.68. The molecule has 0 aliphatic carbocycles. The average molecular weight is 270 g/mol. The van der Waals surface area contributed by atoms with Crippen LogP contribution >= 0.6 is 11.8 Å². The Bertz CT molecular complexity index is 416. The number of carbonyl (C=O) groups excluding carboxylic acids is 1. The van der Waals surface area contributed by atoms with Gasteiger partial charge in [0.25, 0.3) is 5.91 Å². The lowest BCUT2D eigenvalue weighted by molar-refractivity contribution is 0.0930. The normalized spacial score (nSPS) is 12.4. The van der Waals surface area contributed by atoms with Crippen molar-refractivity contribution in [3.05, 3.63) is 11.4 Å². The van der Waals surface area contributed by atoms with Crippen LogP contribution in [0.4, 0.5) is 5.69 Å². The van der Waals surface area contributed by atoms with Crippen molar-refractivity contribution in [2.24, 2.45) is 0 Å². The molecule has 3 N–H and O–H groups in total. The second-order valence-corrected chi connectivity index (χ2v) is 5.11. The Morgan fingerprint density at radius 2 is 2.22 bits per heavy atom. The fraction of sp³-hybridized carbons (Fsp3) is 0.667. The van der Waals surface area contributed by atoms with Crippen LogP contribution in [0.1, 0.15) is 36.5 Å². The molecule has 6 heteroatoms. The van der Waals surface area contributed by atoms with Crippen molar-refractivity contribution >= 4 is 23.4 Å².